The van der Waals surface area contributed by atoms with Crippen molar-refractivity contribution in [2.24, 2.45) is 7.05 Å². The minimum Gasteiger partial charge on any atom is -0.344 e. The van der Waals surface area contributed by atoms with E-state index < -0.39 is 0 Å². The van der Waals surface area contributed by atoms with Crippen LogP contribution in [0.4, 0.5) is 0 Å². The van der Waals surface area contributed by atoms with Crippen LogP contribution in [0.3, 0.4) is 0 Å². The summed E-state index contributed by atoms with van der Waals surface area (Å²) in [7, 11) is 2.14. The van der Waals surface area contributed by atoms with E-state index >= 15 is 0 Å². The molecule has 4 rings (SSSR count). The Kier molecular flexibility index (Phi) is 3.93. The highest BCUT2D eigenvalue weighted by Gasteiger charge is 2.14. The smallest absolute Gasteiger partial charge is 0.0495 e. The Morgan fingerprint density at radius 1 is 0.880 bits per heavy atom. The maximum atomic E-state index is 4.22. The molecule has 1 nitrogen and oxygen atoms in total. The average Bonchev–Trinajstić information content (AvgIpc) is 2.89. The van der Waals surface area contributed by atoms with Crippen LogP contribution in [0.1, 0.15) is 18.1 Å². The normalized spacial score (nSPS) is 11.3. The van der Waals surface area contributed by atoms with Gasteiger partial charge in [0.1, 0.15) is 0 Å². The van der Waals surface area contributed by atoms with Crippen molar-refractivity contribution in [2.75, 3.05) is 0 Å². The minimum atomic E-state index is 1.10. The quantitative estimate of drug-likeness (QED) is 0.395. The second kappa shape index (κ2) is 6.12. The highest BCUT2D eigenvalue weighted by molar-refractivity contribution is 7.99. The Morgan fingerprint density at radius 3 is 2.36 bits per heavy atom. The fraction of sp³-hybridized carbons (Fsp3) is 0.130. The van der Waals surface area contributed by atoms with Crippen LogP contribution in [-0.4, -0.2) is 4.57 Å². The van der Waals surface area contributed by atoms with Gasteiger partial charge in [0.15, 0.2) is 0 Å². The summed E-state index contributed by atoms with van der Waals surface area (Å²) in [4.78, 5) is 2.57. The first kappa shape index (κ1) is 16.0. The second-order valence-corrected chi connectivity index (χ2v) is 7.67. The Bertz CT molecular complexity index is 1120. The molecule has 4 aromatic rings. The number of hydrogen-bond donors (Lipinski definition) is 0. The lowest BCUT2D eigenvalue weighted by Gasteiger charge is -2.12. The monoisotopic (exact) mass is 343 g/mol. The molecule has 0 radical (unpaired) electrons. The van der Waals surface area contributed by atoms with Gasteiger partial charge in [-0.05, 0) is 54.8 Å². The molecule has 0 bridgehead atoms. The Balaban J connectivity index is 1.99. The van der Waals surface area contributed by atoms with Gasteiger partial charge in [-0.3, -0.25) is 0 Å². The number of fused-ring (bicyclic) bond motifs is 3. The molecule has 0 fully saturated rings. The molecule has 0 aliphatic carbocycles. The summed E-state index contributed by atoms with van der Waals surface area (Å²) in [5.41, 5.74) is 6.16. The molecule has 0 unspecified atom stereocenters. The van der Waals surface area contributed by atoms with Crippen LogP contribution < -0.4 is 0 Å². The number of para-hydroxylation sites is 1. The summed E-state index contributed by atoms with van der Waals surface area (Å²) >= 11 is 1.83. The van der Waals surface area contributed by atoms with Crippen molar-refractivity contribution in [3.05, 3.63) is 78.4 Å². The topological polar surface area (TPSA) is 4.93 Å². The van der Waals surface area contributed by atoms with E-state index in [1.807, 2.05) is 11.8 Å². The fourth-order valence-corrected chi connectivity index (χ4v) is 4.53. The second-order valence-electron chi connectivity index (χ2n) is 6.59. The number of hydrogen-bond acceptors (Lipinski definition) is 1. The third-order valence-corrected chi connectivity index (χ3v) is 6.02. The van der Waals surface area contributed by atoms with E-state index in [2.05, 4.69) is 92.7 Å². The van der Waals surface area contributed by atoms with Gasteiger partial charge < -0.3 is 4.57 Å². The molecule has 0 aliphatic rings. The number of rotatable bonds is 3. The average molecular weight is 343 g/mol. The molecule has 1 aromatic heterocycles. The van der Waals surface area contributed by atoms with Gasteiger partial charge >= 0.3 is 0 Å². The summed E-state index contributed by atoms with van der Waals surface area (Å²) in [5.74, 6) is 0. The Hall–Kier alpha value is -2.45. The molecule has 124 valence electrons. The predicted molar refractivity (Wildman–Crippen MR) is 110 cm³/mol. The van der Waals surface area contributed by atoms with Crippen molar-refractivity contribution in [1.82, 2.24) is 4.57 Å². The molecule has 25 heavy (non-hydrogen) atoms. The highest BCUT2D eigenvalue weighted by atomic mass is 32.2. The van der Waals surface area contributed by atoms with Crippen LogP contribution >= 0.6 is 11.8 Å². The first-order chi connectivity index (χ1) is 12.1. The van der Waals surface area contributed by atoms with E-state index in [0.717, 1.165) is 5.57 Å². The third kappa shape index (κ3) is 2.67. The molecule has 1 heterocycles. The van der Waals surface area contributed by atoms with Crippen LogP contribution in [0.2, 0.25) is 0 Å². The van der Waals surface area contributed by atoms with Gasteiger partial charge in [0.2, 0.25) is 0 Å². The van der Waals surface area contributed by atoms with Gasteiger partial charge in [-0.25, -0.2) is 0 Å². The minimum absolute atomic E-state index is 1.10. The van der Waals surface area contributed by atoms with Crippen LogP contribution in [0.5, 0.6) is 0 Å². The number of benzene rings is 3. The van der Waals surface area contributed by atoms with Crippen LogP contribution in [0.25, 0.3) is 27.4 Å². The first-order valence-electron chi connectivity index (χ1n) is 8.47. The predicted octanol–water partition coefficient (Wildman–Crippen LogP) is 6.82. The number of aromatic nitrogens is 1. The third-order valence-electron chi connectivity index (χ3n) is 4.79. The van der Waals surface area contributed by atoms with Gasteiger partial charge in [-0.2, -0.15) is 0 Å². The van der Waals surface area contributed by atoms with Crippen molar-refractivity contribution in [2.45, 2.75) is 23.6 Å². The van der Waals surface area contributed by atoms with E-state index in [1.54, 1.807) is 0 Å². The molecular weight excluding hydrogens is 322 g/mol. The Labute approximate surface area is 153 Å². The molecular formula is C23H21NS. The number of allylic oxidation sites excluding steroid dienone is 1. The summed E-state index contributed by atoms with van der Waals surface area (Å²) in [6, 6.07) is 21.8. The first-order valence-corrected chi connectivity index (χ1v) is 9.28. The Morgan fingerprint density at radius 2 is 1.60 bits per heavy atom. The molecule has 0 aliphatic heterocycles. The van der Waals surface area contributed by atoms with Crippen LogP contribution in [-0.2, 0) is 7.05 Å². The zero-order valence-electron chi connectivity index (χ0n) is 14.8. The SMILES string of the molecule is C=C(C)c1cc2c(cc1Sc1ccccc1C)c1ccccc1n2C. The number of nitrogens with zero attached hydrogens (tertiary/aromatic N) is 1. The summed E-state index contributed by atoms with van der Waals surface area (Å²) in [6.07, 6.45) is 0. The van der Waals surface area contributed by atoms with E-state index in [4.69, 9.17) is 0 Å². The lowest BCUT2D eigenvalue weighted by Crippen LogP contribution is -1.90. The summed E-state index contributed by atoms with van der Waals surface area (Å²) in [6.45, 7) is 8.47. The highest BCUT2D eigenvalue weighted by Crippen LogP contribution is 2.39. The lowest BCUT2D eigenvalue weighted by molar-refractivity contribution is 1.01. The summed E-state index contributed by atoms with van der Waals surface area (Å²) in [5, 5.41) is 2.61. The maximum absolute atomic E-state index is 4.22. The zero-order valence-corrected chi connectivity index (χ0v) is 15.7. The maximum Gasteiger partial charge on any atom is 0.0495 e. The molecule has 2 heteroatoms. The van der Waals surface area contributed by atoms with E-state index in [0.29, 0.717) is 0 Å². The molecule has 0 spiro atoms. The van der Waals surface area contributed by atoms with Crippen LogP contribution in [0, 0.1) is 6.92 Å². The fourth-order valence-electron chi connectivity index (χ4n) is 3.39. The van der Waals surface area contributed by atoms with E-state index in [9.17, 15) is 0 Å². The van der Waals surface area contributed by atoms with Crippen LogP contribution in [0.15, 0.2) is 77.0 Å². The van der Waals surface area contributed by atoms with Gasteiger partial charge in [0.25, 0.3) is 0 Å². The van der Waals surface area contributed by atoms with Gasteiger partial charge in [0.05, 0.1) is 0 Å². The molecule has 0 N–H and O–H groups in total. The van der Waals surface area contributed by atoms with Crippen molar-refractivity contribution in [1.29, 1.82) is 0 Å². The van der Waals surface area contributed by atoms with E-state index in [-0.39, 0.29) is 0 Å². The summed E-state index contributed by atoms with van der Waals surface area (Å²) < 4.78 is 2.28. The molecule has 3 aromatic carbocycles. The van der Waals surface area contributed by atoms with Crippen molar-refractivity contribution in [3.63, 3.8) is 0 Å². The van der Waals surface area contributed by atoms with Crippen molar-refractivity contribution < 1.29 is 0 Å². The van der Waals surface area contributed by atoms with Crippen molar-refractivity contribution in [3.8, 4) is 0 Å². The van der Waals surface area contributed by atoms with Gasteiger partial charge in [-0.15, -0.1) is 0 Å². The standard InChI is InChI=1S/C23H21NS/c1-15(2)18-13-21-19(17-10-6-7-11-20(17)24(21)4)14-23(18)25-22-12-8-5-9-16(22)3/h5-14H,1H2,2-4H3. The van der Waals surface area contributed by atoms with Gasteiger partial charge in [-0.1, -0.05) is 54.7 Å². The lowest BCUT2D eigenvalue weighted by atomic mass is 10.1. The molecule has 0 atom stereocenters. The molecule has 0 amide bonds. The molecule has 0 saturated heterocycles. The van der Waals surface area contributed by atoms with Crippen molar-refractivity contribution >= 4 is 39.1 Å². The van der Waals surface area contributed by atoms with E-state index in [1.165, 1.54) is 42.7 Å². The van der Waals surface area contributed by atoms with Gasteiger partial charge in [0, 0.05) is 38.6 Å². The number of aryl methyl sites for hydroxylation is 2. The largest absolute Gasteiger partial charge is 0.344 e. The zero-order chi connectivity index (χ0) is 17.6. The molecule has 0 saturated carbocycles.